The first-order valence-electron chi connectivity index (χ1n) is 10.2. The van der Waals surface area contributed by atoms with Gasteiger partial charge in [0.25, 0.3) is 0 Å². The smallest absolute Gasteiger partial charge is 0.311 e. The molecule has 3 aromatic carbocycles. The van der Waals surface area contributed by atoms with Gasteiger partial charge in [0.15, 0.2) is 12.4 Å². The molecule has 1 saturated heterocycles. The van der Waals surface area contributed by atoms with Crippen molar-refractivity contribution < 1.29 is 19.1 Å². The Hall–Kier alpha value is -3.73. The van der Waals surface area contributed by atoms with Gasteiger partial charge in [0.05, 0.1) is 5.92 Å². The molecule has 0 radical (unpaired) electrons. The van der Waals surface area contributed by atoms with Gasteiger partial charge in [-0.1, -0.05) is 72.8 Å². The lowest BCUT2D eigenvalue weighted by Gasteiger charge is -2.18. The summed E-state index contributed by atoms with van der Waals surface area (Å²) in [6.07, 6.45) is 0.0904. The Labute approximate surface area is 181 Å². The summed E-state index contributed by atoms with van der Waals surface area (Å²) in [6.45, 7) is 1.86. The van der Waals surface area contributed by atoms with E-state index in [4.69, 9.17) is 4.74 Å². The van der Waals surface area contributed by atoms with Crippen LogP contribution in [0.2, 0.25) is 0 Å². The summed E-state index contributed by atoms with van der Waals surface area (Å²) >= 11 is 0. The Kier molecular flexibility index (Phi) is 5.94. The minimum Gasteiger partial charge on any atom is -0.457 e. The van der Waals surface area contributed by atoms with Crippen LogP contribution in [0.1, 0.15) is 22.3 Å². The van der Waals surface area contributed by atoms with Gasteiger partial charge in [-0.15, -0.1) is 0 Å². The zero-order valence-corrected chi connectivity index (χ0v) is 17.3. The number of nitrogens with zero attached hydrogens (tertiary/aromatic N) is 1. The van der Waals surface area contributed by atoms with Crippen LogP contribution in [0, 0.1) is 12.8 Å². The van der Waals surface area contributed by atoms with E-state index in [2.05, 4.69) is 0 Å². The number of esters is 1. The van der Waals surface area contributed by atoms with Crippen molar-refractivity contribution in [1.29, 1.82) is 0 Å². The first kappa shape index (κ1) is 20.5. The molecule has 1 aliphatic heterocycles. The number of amides is 1. The fourth-order valence-corrected chi connectivity index (χ4v) is 3.78. The summed E-state index contributed by atoms with van der Waals surface area (Å²) in [5.41, 5.74) is 4.33. The topological polar surface area (TPSA) is 63.7 Å². The molecule has 4 rings (SSSR count). The number of rotatable bonds is 6. The predicted octanol–water partition coefficient (Wildman–Crippen LogP) is 4.44. The van der Waals surface area contributed by atoms with Crippen molar-refractivity contribution in [3.8, 4) is 11.1 Å². The number of carbonyl (C=O) groups is 3. The zero-order chi connectivity index (χ0) is 21.8. The van der Waals surface area contributed by atoms with Crippen LogP contribution in [0.4, 0.5) is 5.69 Å². The second kappa shape index (κ2) is 8.96. The number of carbonyl (C=O) groups excluding carboxylic acids is 3. The van der Waals surface area contributed by atoms with Crippen molar-refractivity contribution >= 4 is 23.3 Å². The first-order valence-corrected chi connectivity index (χ1v) is 10.2. The Morgan fingerprint density at radius 3 is 2.26 bits per heavy atom. The van der Waals surface area contributed by atoms with Gasteiger partial charge in [-0.05, 0) is 29.7 Å². The van der Waals surface area contributed by atoms with E-state index in [9.17, 15) is 14.4 Å². The molecule has 0 spiro atoms. The van der Waals surface area contributed by atoms with E-state index in [1.165, 1.54) is 0 Å². The molecule has 1 aliphatic rings. The average molecular weight is 413 g/mol. The van der Waals surface area contributed by atoms with Gasteiger partial charge in [0.2, 0.25) is 5.91 Å². The van der Waals surface area contributed by atoms with Gasteiger partial charge >= 0.3 is 5.97 Å². The van der Waals surface area contributed by atoms with Crippen LogP contribution >= 0.6 is 0 Å². The van der Waals surface area contributed by atoms with E-state index >= 15 is 0 Å². The second-order valence-corrected chi connectivity index (χ2v) is 7.67. The molecule has 0 N–H and O–H groups in total. The number of benzene rings is 3. The Balaban J connectivity index is 1.34. The minimum absolute atomic E-state index is 0.0904. The molecule has 3 aromatic rings. The van der Waals surface area contributed by atoms with Gasteiger partial charge < -0.3 is 9.64 Å². The van der Waals surface area contributed by atoms with Crippen molar-refractivity contribution in [2.45, 2.75) is 13.3 Å². The molecule has 5 nitrogen and oxygen atoms in total. The van der Waals surface area contributed by atoms with Gasteiger partial charge in [0, 0.05) is 24.2 Å². The molecule has 0 aromatic heterocycles. The van der Waals surface area contributed by atoms with Crippen molar-refractivity contribution in [2.24, 2.45) is 5.92 Å². The van der Waals surface area contributed by atoms with Crippen molar-refractivity contribution in [2.75, 3.05) is 18.1 Å². The predicted molar refractivity (Wildman–Crippen MR) is 119 cm³/mol. The van der Waals surface area contributed by atoms with Crippen LogP contribution in [0.5, 0.6) is 0 Å². The summed E-state index contributed by atoms with van der Waals surface area (Å²) < 4.78 is 5.25. The largest absolute Gasteiger partial charge is 0.457 e. The molecule has 5 heteroatoms. The third-order valence-corrected chi connectivity index (χ3v) is 5.52. The van der Waals surface area contributed by atoms with Gasteiger partial charge in [-0.3, -0.25) is 14.4 Å². The molecule has 0 aliphatic carbocycles. The van der Waals surface area contributed by atoms with E-state index in [0.717, 1.165) is 22.4 Å². The minimum atomic E-state index is -0.569. The van der Waals surface area contributed by atoms with Gasteiger partial charge in [0.1, 0.15) is 0 Å². The average Bonchev–Trinajstić information content (AvgIpc) is 3.19. The molecule has 1 heterocycles. The number of hydrogen-bond acceptors (Lipinski definition) is 4. The van der Waals surface area contributed by atoms with Crippen LogP contribution in [0.3, 0.4) is 0 Å². The first-order chi connectivity index (χ1) is 15.0. The quantitative estimate of drug-likeness (QED) is 0.443. The highest BCUT2D eigenvalue weighted by molar-refractivity contribution is 6.01. The molecule has 1 atom stereocenters. The second-order valence-electron chi connectivity index (χ2n) is 7.67. The van der Waals surface area contributed by atoms with Crippen LogP contribution in [-0.2, 0) is 14.3 Å². The highest BCUT2D eigenvalue weighted by Gasteiger charge is 2.36. The Morgan fingerprint density at radius 2 is 1.55 bits per heavy atom. The number of aryl methyl sites for hydroxylation is 1. The highest BCUT2D eigenvalue weighted by atomic mass is 16.5. The zero-order valence-electron chi connectivity index (χ0n) is 17.3. The van der Waals surface area contributed by atoms with Crippen molar-refractivity contribution in [3.63, 3.8) is 0 Å². The van der Waals surface area contributed by atoms with E-state index in [1.54, 1.807) is 17.0 Å². The summed E-state index contributed by atoms with van der Waals surface area (Å²) in [6, 6.07) is 24.7. The molecule has 0 bridgehead atoms. The Morgan fingerprint density at radius 1 is 0.903 bits per heavy atom. The molecule has 156 valence electrons. The van der Waals surface area contributed by atoms with Crippen molar-refractivity contribution in [1.82, 2.24) is 0 Å². The third kappa shape index (κ3) is 4.56. The number of para-hydroxylation sites is 1. The van der Waals surface area contributed by atoms with Crippen LogP contribution in [0.15, 0.2) is 78.9 Å². The summed E-state index contributed by atoms with van der Waals surface area (Å²) in [5, 5.41) is 0. The van der Waals surface area contributed by atoms with Crippen LogP contribution in [0.25, 0.3) is 11.1 Å². The number of anilines is 1. The lowest BCUT2D eigenvalue weighted by molar-refractivity contribution is -0.147. The third-order valence-electron chi connectivity index (χ3n) is 5.52. The highest BCUT2D eigenvalue weighted by Crippen LogP contribution is 2.28. The number of ether oxygens (including phenoxy) is 1. The molecule has 1 amide bonds. The van der Waals surface area contributed by atoms with E-state index < -0.39 is 11.9 Å². The summed E-state index contributed by atoms with van der Waals surface area (Å²) in [5.74, 6) is -1.47. The molecular formula is C26H23NO4. The molecule has 31 heavy (non-hydrogen) atoms. The fourth-order valence-electron chi connectivity index (χ4n) is 3.78. The van der Waals surface area contributed by atoms with E-state index in [1.807, 2.05) is 73.7 Å². The normalized spacial score (nSPS) is 15.7. The van der Waals surface area contributed by atoms with Gasteiger partial charge in [-0.25, -0.2) is 0 Å². The van der Waals surface area contributed by atoms with Crippen LogP contribution in [-0.4, -0.2) is 30.8 Å². The standard InChI is InChI=1S/C26H23NO4/c1-18-7-5-6-10-23(18)27-16-22(15-25(27)29)26(30)31-17-24(28)21-13-11-20(12-14-21)19-8-3-2-4-9-19/h2-14,22H,15-17H2,1H3/t22-/m1/s1. The maximum absolute atomic E-state index is 12.5. The molecule has 1 fully saturated rings. The monoisotopic (exact) mass is 413 g/mol. The number of Topliss-reactive ketones (excluding diaryl/α,β-unsaturated/α-hetero) is 1. The maximum atomic E-state index is 12.5. The molecule has 0 saturated carbocycles. The van der Waals surface area contributed by atoms with Gasteiger partial charge in [-0.2, -0.15) is 0 Å². The summed E-state index contributed by atoms with van der Waals surface area (Å²) in [7, 11) is 0. The molecular weight excluding hydrogens is 390 g/mol. The fraction of sp³-hybridized carbons (Fsp3) is 0.192. The summed E-state index contributed by atoms with van der Waals surface area (Å²) in [4.78, 5) is 38.9. The van der Waals surface area contributed by atoms with Crippen molar-refractivity contribution in [3.05, 3.63) is 90.0 Å². The van der Waals surface area contributed by atoms with E-state index in [-0.39, 0.29) is 31.3 Å². The van der Waals surface area contributed by atoms with E-state index in [0.29, 0.717) is 5.56 Å². The number of hydrogen-bond donors (Lipinski definition) is 0. The lowest BCUT2D eigenvalue weighted by atomic mass is 10.0. The number of ketones is 1. The lowest BCUT2D eigenvalue weighted by Crippen LogP contribution is -2.27. The SMILES string of the molecule is Cc1ccccc1N1C[C@H](C(=O)OCC(=O)c2ccc(-c3ccccc3)cc2)CC1=O. The Bertz CT molecular complexity index is 1110. The van der Waals surface area contributed by atoms with Crippen LogP contribution < -0.4 is 4.90 Å². The molecule has 0 unspecified atom stereocenters. The maximum Gasteiger partial charge on any atom is 0.311 e.